The van der Waals surface area contributed by atoms with E-state index in [-0.39, 0.29) is 32.1 Å². The first kappa shape index (κ1) is 45.1. The lowest BCUT2D eigenvalue weighted by molar-refractivity contribution is -0.344. The number of nitrogens with zero attached hydrogens (tertiary/aromatic N) is 1. The summed E-state index contributed by atoms with van der Waals surface area (Å²) >= 11 is 0. The van der Waals surface area contributed by atoms with Crippen LogP contribution in [0.1, 0.15) is 80.1 Å². The Kier molecular flexibility index (Phi) is 17.5. The fourth-order valence-electron chi connectivity index (χ4n) is 7.38. The van der Waals surface area contributed by atoms with Gasteiger partial charge in [0, 0.05) is 32.8 Å². The molecule has 0 bridgehead atoms. The standard InChI is InChI=1S/C38H63NO14/c1-10-28(42)51-27-19-29(43)48-22(3)14-12-11-13-15-26(41)21(2)18-25(16-17-40)34(35(27)47-9)53-37-32(44)31(39(7)8)33(23(4)50-37)52-30-20-38(6,46)36(45)24(5)49-30/h11-13,15,17,21-27,30-37,41,44-46H,10,14,16,18-20H2,1-9H3/b12-11-,15-13+/t21-,22-,23-,24+,25+,26+,27-,30+,31-,32-,33-,34+,35-,36+,37+,38-/m1/s1. The van der Waals surface area contributed by atoms with Crippen LogP contribution in [-0.4, -0.2) is 150 Å². The first-order valence-corrected chi connectivity index (χ1v) is 18.7. The number of rotatable bonds is 10. The maximum Gasteiger partial charge on any atom is 0.309 e. The Labute approximate surface area is 313 Å². The monoisotopic (exact) mass is 757 g/mol. The molecular weight excluding hydrogens is 694 g/mol. The molecule has 15 nitrogen and oxygen atoms in total. The Bertz CT molecular complexity index is 1230. The molecule has 0 aromatic carbocycles. The van der Waals surface area contributed by atoms with E-state index in [2.05, 4.69) is 0 Å². The van der Waals surface area contributed by atoms with Crippen molar-refractivity contribution in [2.75, 3.05) is 21.2 Å². The lowest BCUT2D eigenvalue weighted by atomic mass is 9.82. The number of aldehydes is 1. The number of allylic oxidation sites excluding steroid dienone is 2. The molecule has 2 saturated heterocycles. The Morgan fingerprint density at radius 3 is 2.34 bits per heavy atom. The van der Waals surface area contributed by atoms with Crippen molar-refractivity contribution in [2.24, 2.45) is 11.8 Å². The minimum Gasteiger partial charge on any atom is -0.462 e. The van der Waals surface area contributed by atoms with Crippen molar-refractivity contribution in [3.8, 4) is 0 Å². The van der Waals surface area contributed by atoms with Gasteiger partial charge in [-0.25, -0.2) is 0 Å². The van der Waals surface area contributed by atoms with Gasteiger partial charge in [0.05, 0.1) is 42.5 Å². The Morgan fingerprint density at radius 2 is 1.74 bits per heavy atom. The molecular formula is C38H63NO14. The van der Waals surface area contributed by atoms with Gasteiger partial charge < -0.3 is 63.3 Å². The van der Waals surface area contributed by atoms with Crippen molar-refractivity contribution >= 4 is 18.2 Å². The summed E-state index contributed by atoms with van der Waals surface area (Å²) in [5.74, 6) is -2.31. The molecule has 0 spiro atoms. The van der Waals surface area contributed by atoms with Crippen LogP contribution in [0.3, 0.4) is 0 Å². The molecule has 53 heavy (non-hydrogen) atoms. The van der Waals surface area contributed by atoms with Crippen molar-refractivity contribution in [1.29, 1.82) is 0 Å². The van der Waals surface area contributed by atoms with Gasteiger partial charge in [-0.05, 0) is 60.0 Å². The van der Waals surface area contributed by atoms with Crippen LogP contribution in [0.2, 0.25) is 0 Å². The van der Waals surface area contributed by atoms with Gasteiger partial charge in [0.15, 0.2) is 12.6 Å². The van der Waals surface area contributed by atoms with Crippen LogP contribution >= 0.6 is 0 Å². The maximum absolute atomic E-state index is 13.3. The molecule has 3 aliphatic rings. The smallest absolute Gasteiger partial charge is 0.309 e. The van der Waals surface area contributed by atoms with Crippen LogP contribution in [-0.2, 0) is 47.5 Å². The van der Waals surface area contributed by atoms with Gasteiger partial charge in [0.25, 0.3) is 0 Å². The van der Waals surface area contributed by atoms with E-state index in [0.717, 1.165) is 6.29 Å². The largest absolute Gasteiger partial charge is 0.462 e. The molecule has 0 unspecified atom stereocenters. The van der Waals surface area contributed by atoms with E-state index in [0.29, 0.717) is 6.42 Å². The fourth-order valence-corrected chi connectivity index (χ4v) is 7.38. The second-order valence-corrected chi connectivity index (χ2v) is 15.1. The summed E-state index contributed by atoms with van der Waals surface area (Å²) in [6, 6.07) is -0.750. The highest BCUT2D eigenvalue weighted by Crippen LogP contribution is 2.37. The van der Waals surface area contributed by atoms with Gasteiger partial charge in [0.1, 0.15) is 42.9 Å². The molecule has 3 heterocycles. The second kappa shape index (κ2) is 20.6. The Hall–Kier alpha value is -2.31. The SMILES string of the molecule is CCC(=O)O[C@@H]1CC(=O)O[C@H](C)C/C=C\C=C\[C@H](O)[C@H](C)C[C@H](CC=O)[C@H](O[C@@H]2O[C@H](C)[C@@H](O[C@H]3C[C@@](C)(O)[C@@H](O)[C@H](C)O3)[C@H](N(C)C)[C@H]2O)[C@@H]1OC. The topological polar surface area (TPSA) is 200 Å². The van der Waals surface area contributed by atoms with Gasteiger partial charge in [-0.3, -0.25) is 9.59 Å². The van der Waals surface area contributed by atoms with Crippen molar-refractivity contribution in [3.63, 3.8) is 0 Å². The molecule has 0 radical (unpaired) electrons. The predicted octanol–water partition coefficient (Wildman–Crippen LogP) is 1.81. The number of hydrogen-bond acceptors (Lipinski definition) is 15. The molecule has 0 amide bonds. The van der Waals surface area contributed by atoms with Gasteiger partial charge >= 0.3 is 11.9 Å². The highest BCUT2D eigenvalue weighted by Gasteiger charge is 2.52. The molecule has 304 valence electrons. The Balaban J connectivity index is 2.04. The predicted molar refractivity (Wildman–Crippen MR) is 191 cm³/mol. The van der Waals surface area contributed by atoms with Crippen LogP contribution in [0.4, 0.5) is 0 Å². The number of likely N-dealkylation sites (N-methyl/N-ethyl adjacent to an activating group) is 1. The normalized spacial score (nSPS) is 43.4. The van der Waals surface area contributed by atoms with E-state index >= 15 is 0 Å². The molecule has 15 heteroatoms. The molecule has 0 aliphatic carbocycles. The summed E-state index contributed by atoms with van der Waals surface area (Å²) in [5, 5.41) is 44.2. The number of methoxy groups -OCH3 is 1. The fraction of sp³-hybridized carbons (Fsp3) is 0.816. The molecule has 0 saturated carbocycles. The van der Waals surface area contributed by atoms with Crippen LogP contribution < -0.4 is 0 Å². The summed E-state index contributed by atoms with van der Waals surface area (Å²) in [6.45, 7) is 10.0. The van der Waals surface area contributed by atoms with Crippen molar-refractivity contribution in [1.82, 2.24) is 4.90 Å². The number of aliphatic hydroxyl groups excluding tert-OH is 3. The van der Waals surface area contributed by atoms with Crippen molar-refractivity contribution in [3.05, 3.63) is 24.3 Å². The average molecular weight is 758 g/mol. The molecule has 3 aliphatic heterocycles. The van der Waals surface area contributed by atoms with E-state index in [1.165, 1.54) is 14.0 Å². The minimum atomic E-state index is -1.48. The molecule has 4 N–H and O–H groups in total. The lowest BCUT2D eigenvalue weighted by Gasteiger charge is -2.50. The first-order chi connectivity index (χ1) is 24.9. The molecule has 0 aromatic heterocycles. The van der Waals surface area contributed by atoms with Crippen molar-refractivity contribution in [2.45, 2.75) is 165 Å². The highest BCUT2D eigenvalue weighted by atomic mass is 16.7. The summed E-state index contributed by atoms with van der Waals surface area (Å²) in [4.78, 5) is 40.0. The third-order valence-electron chi connectivity index (χ3n) is 10.4. The van der Waals surface area contributed by atoms with Crippen LogP contribution in [0, 0.1) is 11.8 Å². The van der Waals surface area contributed by atoms with E-state index in [9.17, 15) is 34.8 Å². The molecule has 3 rings (SSSR count). The third kappa shape index (κ3) is 12.3. The quantitative estimate of drug-likeness (QED) is 0.186. The van der Waals surface area contributed by atoms with E-state index < -0.39 is 109 Å². The number of carbonyl (C=O) groups is 3. The zero-order chi connectivity index (χ0) is 39.6. The summed E-state index contributed by atoms with van der Waals surface area (Å²) < 4.78 is 42.6. The zero-order valence-corrected chi connectivity index (χ0v) is 32.6. The Morgan fingerprint density at radius 1 is 1.04 bits per heavy atom. The zero-order valence-electron chi connectivity index (χ0n) is 32.6. The summed E-state index contributed by atoms with van der Waals surface area (Å²) in [6.07, 6.45) is -4.13. The summed E-state index contributed by atoms with van der Waals surface area (Å²) in [5.41, 5.74) is -1.48. The van der Waals surface area contributed by atoms with Gasteiger partial charge in [-0.1, -0.05) is 38.2 Å². The van der Waals surface area contributed by atoms with Crippen LogP contribution in [0.25, 0.3) is 0 Å². The van der Waals surface area contributed by atoms with Crippen LogP contribution in [0.15, 0.2) is 24.3 Å². The minimum absolute atomic E-state index is 0.00772. The number of carbonyl (C=O) groups excluding carboxylic acids is 3. The highest BCUT2D eigenvalue weighted by molar-refractivity contribution is 5.72. The molecule has 2 fully saturated rings. The van der Waals surface area contributed by atoms with Gasteiger partial charge in [-0.2, -0.15) is 0 Å². The van der Waals surface area contributed by atoms with Crippen molar-refractivity contribution < 1.29 is 68.0 Å². The number of hydrogen-bond donors (Lipinski definition) is 4. The maximum atomic E-state index is 13.3. The molecule has 16 atom stereocenters. The van der Waals surface area contributed by atoms with E-state index in [4.69, 9.17) is 33.2 Å². The summed E-state index contributed by atoms with van der Waals surface area (Å²) in [7, 11) is 4.87. The number of aliphatic hydroxyl groups is 4. The number of ether oxygens (including phenoxy) is 7. The third-order valence-corrected chi connectivity index (χ3v) is 10.4. The first-order valence-electron chi connectivity index (χ1n) is 18.7. The number of esters is 2. The van der Waals surface area contributed by atoms with E-state index in [1.54, 1.807) is 64.9 Å². The van der Waals surface area contributed by atoms with Gasteiger partial charge in [0.2, 0.25) is 0 Å². The molecule has 0 aromatic rings. The number of cyclic esters (lactones) is 1. The van der Waals surface area contributed by atoms with Crippen LogP contribution in [0.5, 0.6) is 0 Å². The lowest BCUT2D eigenvalue weighted by Crippen LogP contribution is -2.65. The average Bonchev–Trinajstić information content (AvgIpc) is 3.07. The van der Waals surface area contributed by atoms with E-state index in [1.807, 2.05) is 13.0 Å². The second-order valence-electron chi connectivity index (χ2n) is 15.1. The van der Waals surface area contributed by atoms with Gasteiger partial charge in [-0.15, -0.1) is 0 Å².